The van der Waals surface area contributed by atoms with E-state index in [-0.39, 0.29) is 18.4 Å². The Balaban J connectivity index is 2.91. The lowest BCUT2D eigenvalue weighted by Gasteiger charge is -2.22. The number of amides is 1. The molecule has 0 aliphatic carbocycles. The van der Waals surface area contributed by atoms with Gasteiger partial charge in [-0.3, -0.25) is 9.59 Å². The van der Waals surface area contributed by atoms with E-state index in [1.54, 1.807) is 18.2 Å². The standard InChI is InChI=1S/C13H17BrN2O3/c1-7(2)11(6-12(17)18)16-10-4-3-8(13(15)19)5-9(10)14/h3-5,7,11,16H,6H2,1-2H3,(H2,15,19)(H,17,18). The average molecular weight is 329 g/mol. The highest BCUT2D eigenvalue weighted by Crippen LogP contribution is 2.26. The third-order valence-corrected chi connectivity index (χ3v) is 3.45. The number of benzene rings is 1. The van der Waals surface area contributed by atoms with Crippen LogP contribution in [0.3, 0.4) is 0 Å². The van der Waals surface area contributed by atoms with E-state index >= 15 is 0 Å². The van der Waals surface area contributed by atoms with Crippen molar-refractivity contribution in [2.45, 2.75) is 26.3 Å². The number of anilines is 1. The molecule has 104 valence electrons. The minimum absolute atomic E-state index is 0.0294. The van der Waals surface area contributed by atoms with E-state index < -0.39 is 11.9 Å². The van der Waals surface area contributed by atoms with E-state index in [2.05, 4.69) is 21.2 Å². The molecule has 0 aliphatic rings. The van der Waals surface area contributed by atoms with Gasteiger partial charge in [0.2, 0.25) is 5.91 Å². The molecular formula is C13H17BrN2O3. The van der Waals surface area contributed by atoms with Gasteiger partial charge in [-0.25, -0.2) is 0 Å². The molecule has 0 aliphatic heterocycles. The fraction of sp³-hybridized carbons (Fsp3) is 0.385. The number of hydrogen-bond acceptors (Lipinski definition) is 3. The quantitative estimate of drug-likeness (QED) is 0.747. The lowest BCUT2D eigenvalue weighted by Crippen LogP contribution is -2.28. The average Bonchev–Trinajstić information content (AvgIpc) is 2.29. The number of carboxylic acids is 1. The molecule has 0 bridgehead atoms. The molecule has 19 heavy (non-hydrogen) atoms. The Morgan fingerprint density at radius 1 is 1.42 bits per heavy atom. The van der Waals surface area contributed by atoms with Gasteiger partial charge in [0.1, 0.15) is 0 Å². The predicted octanol–water partition coefficient (Wildman–Crippen LogP) is 2.46. The van der Waals surface area contributed by atoms with Gasteiger partial charge < -0.3 is 16.2 Å². The molecule has 0 heterocycles. The Morgan fingerprint density at radius 2 is 2.05 bits per heavy atom. The van der Waals surface area contributed by atoms with Gasteiger partial charge in [-0.15, -0.1) is 0 Å². The molecule has 1 amide bonds. The van der Waals surface area contributed by atoms with Crippen LogP contribution in [-0.2, 0) is 4.79 Å². The number of nitrogens with two attached hydrogens (primary N) is 1. The zero-order valence-corrected chi connectivity index (χ0v) is 12.4. The van der Waals surface area contributed by atoms with E-state index in [9.17, 15) is 9.59 Å². The number of halogens is 1. The van der Waals surface area contributed by atoms with Gasteiger partial charge in [-0.05, 0) is 40.0 Å². The molecule has 0 spiro atoms. The van der Waals surface area contributed by atoms with Gasteiger partial charge in [0.05, 0.1) is 6.42 Å². The van der Waals surface area contributed by atoms with Crippen LogP contribution in [0.2, 0.25) is 0 Å². The van der Waals surface area contributed by atoms with Crippen LogP contribution in [0.1, 0.15) is 30.6 Å². The number of primary amides is 1. The summed E-state index contributed by atoms with van der Waals surface area (Å²) in [6.45, 7) is 3.90. The van der Waals surface area contributed by atoms with Crippen LogP contribution in [0, 0.1) is 5.92 Å². The first-order chi connectivity index (χ1) is 8.81. The summed E-state index contributed by atoms with van der Waals surface area (Å²) in [7, 11) is 0. The molecule has 6 heteroatoms. The maximum Gasteiger partial charge on any atom is 0.305 e. The Labute approximate surface area is 120 Å². The topological polar surface area (TPSA) is 92.4 Å². The molecule has 1 aromatic carbocycles. The number of carboxylic acid groups (broad SMARTS) is 1. The largest absolute Gasteiger partial charge is 0.481 e. The Bertz CT molecular complexity index is 489. The van der Waals surface area contributed by atoms with Gasteiger partial charge in [0, 0.05) is 21.8 Å². The second-order valence-electron chi connectivity index (χ2n) is 4.65. The minimum atomic E-state index is -0.851. The molecule has 1 aromatic rings. The Morgan fingerprint density at radius 3 is 2.47 bits per heavy atom. The number of carbonyl (C=O) groups is 2. The first-order valence-electron chi connectivity index (χ1n) is 5.89. The van der Waals surface area contributed by atoms with Crippen molar-refractivity contribution in [3.05, 3.63) is 28.2 Å². The third-order valence-electron chi connectivity index (χ3n) is 2.79. The molecule has 0 fully saturated rings. The summed E-state index contributed by atoms with van der Waals surface area (Å²) in [4.78, 5) is 21.9. The predicted molar refractivity (Wildman–Crippen MR) is 77.2 cm³/mol. The first-order valence-corrected chi connectivity index (χ1v) is 6.68. The van der Waals surface area contributed by atoms with Crippen LogP contribution in [0.15, 0.2) is 22.7 Å². The fourth-order valence-corrected chi connectivity index (χ4v) is 2.12. The van der Waals surface area contributed by atoms with Crippen molar-refractivity contribution in [1.82, 2.24) is 0 Å². The Kier molecular flexibility index (Phi) is 5.35. The summed E-state index contributed by atoms with van der Waals surface area (Å²) < 4.78 is 0.680. The van der Waals surface area contributed by atoms with Crippen LogP contribution in [0.25, 0.3) is 0 Å². The normalized spacial score (nSPS) is 12.2. The molecule has 0 aromatic heterocycles. The summed E-state index contributed by atoms with van der Waals surface area (Å²) >= 11 is 3.34. The maximum atomic E-state index is 11.0. The summed E-state index contributed by atoms with van der Waals surface area (Å²) in [5.74, 6) is -1.19. The molecule has 1 unspecified atom stereocenters. The van der Waals surface area contributed by atoms with Gasteiger partial charge in [0.15, 0.2) is 0 Å². The van der Waals surface area contributed by atoms with E-state index in [0.717, 1.165) is 5.69 Å². The first kappa shape index (κ1) is 15.5. The monoisotopic (exact) mass is 328 g/mol. The lowest BCUT2D eigenvalue weighted by molar-refractivity contribution is -0.137. The zero-order valence-electron chi connectivity index (χ0n) is 10.8. The Hall–Kier alpha value is -1.56. The summed E-state index contributed by atoms with van der Waals surface area (Å²) in [5, 5.41) is 12.0. The van der Waals surface area contributed by atoms with Crippen LogP contribution in [0.5, 0.6) is 0 Å². The van der Waals surface area contributed by atoms with Crippen molar-refractivity contribution in [3.63, 3.8) is 0 Å². The second kappa shape index (κ2) is 6.56. The van der Waals surface area contributed by atoms with Crippen molar-refractivity contribution in [3.8, 4) is 0 Å². The highest BCUT2D eigenvalue weighted by Gasteiger charge is 2.18. The van der Waals surface area contributed by atoms with Gasteiger partial charge >= 0.3 is 5.97 Å². The number of nitrogens with one attached hydrogen (secondary N) is 1. The van der Waals surface area contributed by atoms with Crippen molar-refractivity contribution in [1.29, 1.82) is 0 Å². The number of aliphatic carboxylic acids is 1. The lowest BCUT2D eigenvalue weighted by atomic mass is 10.0. The van der Waals surface area contributed by atoms with E-state index in [1.165, 1.54) is 0 Å². The second-order valence-corrected chi connectivity index (χ2v) is 5.51. The highest BCUT2D eigenvalue weighted by atomic mass is 79.9. The molecule has 5 nitrogen and oxygen atoms in total. The number of carbonyl (C=O) groups excluding carboxylic acids is 1. The molecule has 0 saturated heterocycles. The van der Waals surface area contributed by atoms with Gasteiger partial charge in [0.25, 0.3) is 0 Å². The zero-order chi connectivity index (χ0) is 14.6. The number of hydrogen-bond donors (Lipinski definition) is 3. The van der Waals surface area contributed by atoms with Crippen molar-refractivity contribution in [2.75, 3.05) is 5.32 Å². The van der Waals surface area contributed by atoms with Crippen molar-refractivity contribution in [2.24, 2.45) is 11.7 Å². The van der Waals surface area contributed by atoms with Crippen LogP contribution >= 0.6 is 15.9 Å². The van der Waals surface area contributed by atoms with Crippen LogP contribution in [-0.4, -0.2) is 23.0 Å². The third kappa shape index (κ3) is 4.55. The SMILES string of the molecule is CC(C)C(CC(=O)O)Nc1ccc(C(N)=O)cc1Br. The number of rotatable bonds is 6. The summed E-state index contributed by atoms with van der Waals surface area (Å²) in [6.07, 6.45) is 0.0294. The van der Waals surface area contributed by atoms with Crippen molar-refractivity contribution >= 4 is 33.5 Å². The van der Waals surface area contributed by atoms with Gasteiger partial charge in [-0.2, -0.15) is 0 Å². The minimum Gasteiger partial charge on any atom is -0.481 e. The summed E-state index contributed by atoms with van der Waals surface area (Å²) in [6, 6.07) is 4.74. The molecular weight excluding hydrogens is 312 g/mol. The molecule has 0 radical (unpaired) electrons. The smallest absolute Gasteiger partial charge is 0.305 e. The van der Waals surface area contributed by atoms with E-state index in [0.29, 0.717) is 10.0 Å². The van der Waals surface area contributed by atoms with Crippen LogP contribution < -0.4 is 11.1 Å². The molecule has 4 N–H and O–H groups in total. The van der Waals surface area contributed by atoms with Crippen LogP contribution in [0.4, 0.5) is 5.69 Å². The fourth-order valence-electron chi connectivity index (χ4n) is 1.63. The molecule has 0 saturated carbocycles. The maximum absolute atomic E-state index is 11.0. The van der Waals surface area contributed by atoms with E-state index in [4.69, 9.17) is 10.8 Å². The summed E-state index contributed by atoms with van der Waals surface area (Å²) in [5.41, 5.74) is 6.33. The molecule has 1 rings (SSSR count). The van der Waals surface area contributed by atoms with E-state index in [1.807, 2.05) is 13.8 Å². The molecule has 1 atom stereocenters. The van der Waals surface area contributed by atoms with Gasteiger partial charge in [-0.1, -0.05) is 13.8 Å². The van der Waals surface area contributed by atoms with Crippen molar-refractivity contribution < 1.29 is 14.7 Å². The highest BCUT2D eigenvalue weighted by molar-refractivity contribution is 9.10.